The number of ether oxygens (including phenoxy) is 2. The van der Waals surface area contributed by atoms with Crippen molar-refractivity contribution in [2.45, 2.75) is 13.5 Å². The number of nitrogens with one attached hydrogen (secondary N) is 2. The van der Waals surface area contributed by atoms with E-state index in [2.05, 4.69) is 26.6 Å². The normalized spacial score (nSPS) is 10.2. The second-order valence-corrected chi connectivity index (χ2v) is 7.57. The van der Waals surface area contributed by atoms with Crippen LogP contribution in [0.4, 0.5) is 10.5 Å². The van der Waals surface area contributed by atoms with Crippen molar-refractivity contribution in [1.29, 1.82) is 0 Å². The number of amides is 2. The molecule has 32 heavy (non-hydrogen) atoms. The third kappa shape index (κ3) is 6.68. The van der Waals surface area contributed by atoms with Crippen molar-refractivity contribution in [1.82, 2.24) is 5.32 Å². The van der Waals surface area contributed by atoms with Gasteiger partial charge in [0, 0.05) is 27.8 Å². The summed E-state index contributed by atoms with van der Waals surface area (Å²) in [6.45, 7) is 2.18. The molecule has 0 atom stereocenters. The maximum atomic E-state index is 12.4. The summed E-state index contributed by atoms with van der Waals surface area (Å²) in [4.78, 5) is 36.1. The largest absolute Gasteiger partial charge is 0.513 e. The van der Waals surface area contributed by atoms with Gasteiger partial charge in [0.1, 0.15) is 5.75 Å². The smallest absolute Gasteiger partial charge is 0.434 e. The summed E-state index contributed by atoms with van der Waals surface area (Å²) in [5, 5.41) is 5.67. The van der Waals surface area contributed by atoms with Gasteiger partial charge in [-0.25, -0.2) is 4.79 Å². The van der Waals surface area contributed by atoms with Gasteiger partial charge in [-0.3, -0.25) is 9.59 Å². The predicted molar refractivity (Wildman–Crippen MR) is 124 cm³/mol. The Bertz CT molecular complexity index is 1100. The first-order valence-electron chi connectivity index (χ1n) is 9.83. The van der Waals surface area contributed by atoms with E-state index >= 15 is 0 Å². The van der Waals surface area contributed by atoms with E-state index in [1.54, 1.807) is 61.5 Å². The fourth-order valence-corrected chi connectivity index (χ4v) is 3.03. The Kier molecular flexibility index (Phi) is 7.99. The Labute approximate surface area is 193 Å². The van der Waals surface area contributed by atoms with Gasteiger partial charge in [0.05, 0.1) is 6.61 Å². The number of hydrogen-bond acceptors (Lipinski definition) is 5. The maximum Gasteiger partial charge on any atom is 0.513 e. The molecule has 164 valence electrons. The predicted octanol–water partition coefficient (Wildman–Crippen LogP) is 5.17. The van der Waals surface area contributed by atoms with E-state index in [1.807, 2.05) is 6.07 Å². The van der Waals surface area contributed by atoms with Crippen LogP contribution in [0.25, 0.3) is 0 Å². The third-order valence-electron chi connectivity index (χ3n) is 4.32. The Morgan fingerprint density at radius 2 is 1.53 bits per heavy atom. The lowest BCUT2D eigenvalue weighted by Gasteiger charge is -2.09. The van der Waals surface area contributed by atoms with E-state index < -0.39 is 6.16 Å². The molecule has 0 aliphatic rings. The zero-order valence-electron chi connectivity index (χ0n) is 17.3. The summed E-state index contributed by atoms with van der Waals surface area (Å²) in [5.74, 6) is -0.213. The highest BCUT2D eigenvalue weighted by molar-refractivity contribution is 9.10. The molecule has 0 bridgehead atoms. The number of carbonyl (C=O) groups excluding carboxylic acids is 3. The number of hydrogen-bond donors (Lipinski definition) is 2. The topological polar surface area (TPSA) is 93.7 Å². The van der Waals surface area contributed by atoms with Gasteiger partial charge >= 0.3 is 6.16 Å². The molecule has 0 aliphatic carbocycles. The van der Waals surface area contributed by atoms with Gasteiger partial charge in [0.15, 0.2) is 0 Å². The zero-order valence-corrected chi connectivity index (χ0v) is 18.8. The minimum atomic E-state index is -0.795. The van der Waals surface area contributed by atoms with Crippen LogP contribution < -0.4 is 15.4 Å². The molecule has 0 saturated heterocycles. The molecule has 8 heteroatoms. The van der Waals surface area contributed by atoms with Crippen LogP contribution in [0.3, 0.4) is 0 Å². The van der Waals surface area contributed by atoms with Crippen LogP contribution in [-0.2, 0) is 11.3 Å². The molecule has 7 nitrogen and oxygen atoms in total. The van der Waals surface area contributed by atoms with Crippen molar-refractivity contribution in [2.75, 3.05) is 11.9 Å². The van der Waals surface area contributed by atoms with Gasteiger partial charge < -0.3 is 20.1 Å². The van der Waals surface area contributed by atoms with Crippen LogP contribution in [-0.4, -0.2) is 24.6 Å². The fraction of sp³-hybridized carbons (Fsp3) is 0.125. The molecular formula is C24H21BrN2O5. The quantitative estimate of drug-likeness (QED) is 0.347. The van der Waals surface area contributed by atoms with Crippen molar-refractivity contribution in [3.05, 3.63) is 94.0 Å². The first kappa shape index (κ1) is 23.0. The molecule has 3 aromatic carbocycles. The number of rotatable bonds is 7. The first-order chi connectivity index (χ1) is 15.4. The van der Waals surface area contributed by atoms with Crippen molar-refractivity contribution in [3.8, 4) is 5.75 Å². The van der Waals surface area contributed by atoms with Gasteiger partial charge in [-0.05, 0) is 73.2 Å². The standard InChI is InChI=1S/C24H21BrN2O5/c1-2-31-24(30)32-21-12-8-17(9-13-21)22(28)26-15-16-4-3-5-20(14-16)27-23(29)18-6-10-19(25)11-7-18/h3-14H,2,15H2,1H3,(H,26,28)(H,27,29). The van der Waals surface area contributed by atoms with Crippen LogP contribution in [0, 0.1) is 0 Å². The van der Waals surface area contributed by atoms with Crippen LogP contribution in [0.2, 0.25) is 0 Å². The molecule has 0 fully saturated rings. The highest BCUT2D eigenvalue weighted by Gasteiger charge is 2.10. The van der Waals surface area contributed by atoms with E-state index in [0.717, 1.165) is 10.0 Å². The molecule has 3 rings (SSSR count). The second kappa shape index (κ2) is 11.1. The molecule has 2 N–H and O–H groups in total. The average molecular weight is 497 g/mol. The van der Waals surface area contributed by atoms with Gasteiger partial charge in [-0.15, -0.1) is 0 Å². The summed E-state index contributed by atoms with van der Waals surface area (Å²) in [7, 11) is 0. The van der Waals surface area contributed by atoms with Crippen LogP contribution in [0.1, 0.15) is 33.2 Å². The highest BCUT2D eigenvalue weighted by atomic mass is 79.9. The molecule has 0 aliphatic heterocycles. The number of benzene rings is 3. The SMILES string of the molecule is CCOC(=O)Oc1ccc(C(=O)NCc2cccc(NC(=O)c3ccc(Br)cc3)c2)cc1. The lowest BCUT2D eigenvalue weighted by atomic mass is 10.1. The molecule has 0 heterocycles. The lowest BCUT2D eigenvalue weighted by molar-refractivity contribution is 0.0950. The summed E-state index contributed by atoms with van der Waals surface area (Å²) in [5.41, 5.74) is 2.42. The molecule has 3 aromatic rings. The van der Waals surface area contributed by atoms with E-state index in [4.69, 9.17) is 9.47 Å². The Hall–Kier alpha value is -3.65. The van der Waals surface area contributed by atoms with E-state index in [9.17, 15) is 14.4 Å². The van der Waals surface area contributed by atoms with Gasteiger partial charge in [-0.1, -0.05) is 28.1 Å². The van der Waals surface area contributed by atoms with Crippen LogP contribution in [0.15, 0.2) is 77.3 Å². The van der Waals surface area contributed by atoms with Gasteiger partial charge in [-0.2, -0.15) is 0 Å². The molecule has 0 aromatic heterocycles. The molecule has 0 unspecified atom stereocenters. The highest BCUT2D eigenvalue weighted by Crippen LogP contribution is 2.16. The van der Waals surface area contributed by atoms with Crippen LogP contribution >= 0.6 is 15.9 Å². The third-order valence-corrected chi connectivity index (χ3v) is 4.85. The molecule has 0 saturated carbocycles. The monoisotopic (exact) mass is 496 g/mol. The lowest BCUT2D eigenvalue weighted by Crippen LogP contribution is -2.22. The summed E-state index contributed by atoms with van der Waals surface area (Å²) in [6.07, 6.45) is -0.795. The number of halogens is 1. The molecule has 0 spiro atoms. The fourth-order valence-electron chi connectivity index (χ4n) is 2.77. The van der Waals surface area contributed by atoms with E-state index in [0.29, 0.717) is 16.8 Å². The van der Waals surface area contributed by atoms with E-state index in [1.165, 1.54) is 12.1 Å². The Morgan fingerprint density at radius 1 is 0.875 bits per heavy atom. The van der Waals surface area contributed by atoms with Crippen molar-refractivity contribution in [3.63, 3.8) is 0 Å². The number of anilines is 1. The Morgan fingerprint density at radius 3 is 2.22 bits per heavy atom. The Balaban J connectivity index is 1.55. The minimum Gasteiger partial charge on any atom is -0.434 e. The number of carbonyl (C=O) groups is 3. The van der Waals surface area contributed by atoms with Gasteiger partial charge in [0.25, 0.3) is 11.8 Å². The summed E-state index contributed by atoms with van der Waals surface area (Å²) >= 11 is 3.34. The molecule has 2 amide bonds. The van der Waals surface area contributed by atoms with Crippen molar-refractivity contribution < 1.29 is 23.9 Å². The first-order valence-corrected chi connectivity index (χ1v) is 10.6. The van der Waals surface area contributed by atoms with Crippen molar-refractivity contribution in [2.24, 2.45) is 0 Å². The summed E-state index contributed by atoms with van der Waals surface area (Å²) in [6, 6.07) is 20.4. The summed E-state index contributed by atoms with van der Waals surface area (Å²) < 4.78 is 10.6. The zero-order chi connectivity index (χ0) is 22.9. The molecular weight excluding hydrogens is 476 g/mol. The van der Waals surface area contributed by atoms with Crippen LogP contribution in [0.5, 0.6) is 5.75 Å². The average Bonchev–Trinajstić information content (AvgIpc) is 2.79. The second-order valence-electron chi connectivity index (χ2n) is 6.65. The maximum absolute atomic E-state index is 12.4. The van der Waals surface area contributed by atoms with Gasteiger partial charge in [0.2, 0.25) is 0 Å². The molecule has 0 radical (unpaired) electrons. The van der Waals surface area contributed by atoms with E-state index in [-0.39, 0.29) is 30.7 Å². The minimum absolute atomic E-state index is 0.217. The van der Waals surface area contributed by atoms with Crippen molar-refractivity contribution >= 4 is 39.6 Å².